The van der Waals surface area contributed by atoms with Gasteiger partial charge in [-0.2, -0.15) is 0 Å². The van der Waals surface area contributed by atoms with E-state index in [1.54, 1.807) is 0 Å². The highest BCUT2D eigenvalue weighted by atomic mass is 16.7. The SMILES string of the molecule is CC(=O)OC[C@@H]1O[C@H](O)[C@H](N=[N+]=[N-])[C@H](OC(C)=O)[C@H]1OC(C)=O. The van der Waals surface area contributed by atoms with Crippen molar-refractivity contribution >= 4 is 17.9 Å². The number of hydrogen-bond donors (Lipinski definition) is 1. The molecule has 1 aliphatic rings. The van der Waals surface area contributed by atoms with Crippen molar-refractivity contribution in [1.29, 1.82) is 0 Å². The van der Waals surface area contributed by atoms with Crippen LogP contribution in [0.5, 0.6) is 0 Å². The number of ether oxygens (including phenoxy) is 4. The zero-order chi connectivity index (χ0) is 17.6. The molecule has 0 aromatic carbocycles. The van der Waals surface area contributed by atoms with Gasteiger partial charge in [0.25, 0.3) is 0 Å². The molecule has 11 nitrogen and oxygen atoms in total. The van der Waals surface area contributed by atoms with Crippen LogP contribution in [0.4, 0.5) is 0 Å². The first-order valence-electron chi connectivity index (χ1n) is 6.61. The largest absolute Gasteiger partial charge is 0.463 e. The maximum absolute atomic E-state index is 11.3. The van der Waals surface area contributed by atoms with Crippen molar-refractivity contribution in [2.24, 2.45) is 5.11 Å². The van der Waals surface area contributed by atoms with E-state index in [1.165, 1.54) is 0 Å². The second kappa shape index (κ2) is 8.32. The number of carbonyl (C=O) groups excluding carboxylic acids is 3. The van der Waals surface area contributed by atoms with E-state index in [1.807, 2.05) is 0 Å². The Morgan fingerprint density at radius 1 is 1.13 bits per heavy atom. The fourth-order valence-corrected chi connectivity index (χ4v) is 2.08. The Hall–Kier alpha value is -2.36. The molecule has 128 valence electrons. The summed E-state index contributed by atoms with van der Waals surface area (Å²) in [5.41, 5.74) is 8.57. The Morgan fingerprint density at radius 3 is 2.17 bits per heavy atom. The molecule has 0 radical (unpaired) electrons. The van der Waals surface area contributed by atoms with Crippen LogP contribution in [0.2, 0.25) is 0 Å². The summed E-state index contributed by atoms with van der Waals surface area (Å²) in [5, 5.41) is 13.2. The van der Waals surface area contributed by atoms with Gasteiger partial charge >= 0.3 is 17.9 Å². The lowest BCUT2D eigenvalue weighted by Gasteiger charge is -2.41. The predicted molar refractivity (Wildman–Crippen MR) is 71.6 cm³/mol. The lowest BCUT2D eigenvalue weighted by Crippen LogP contribution is -2.60. The van der Waals surface area contributed by atoms with Crippen LogP contribution in [0.15, 0.2) is 5.11 Å². The highest BCUT2D eigenvalue weighted by molar-refractivity contribution is 5.67. The van der Waals surface area contributed by atoms with Gasteiger partial charge in [0.05, 0.1) is 0 Å². The van der Waals surface area contributed by atoms with Crippen molar-refractivity contribution in [3.05, 3.63) is 10.4 Å². The van der Waals surface area contributed by atoms with E-state index in [0.29, 0.717) is 0 Å². The molecule has 0 aliphatic carbocycles. The molecule has 1 saturated heterocycles. The first-order valence-corrected chi connectivity index (χ1v) is 6.61. The van der Waals surface area contributed by atoms with Gasteiger partial charge in [-0.05, 0) is 5.53 Å². The molecule has 0 aromatic heterocycles. The maximum Gasteiger partial charge on any atom is 0.303 e. The van der Waals surface area contributed by atoms with Crippen LogP contribution in [-0.4, -0.2) is 60.3 Å². The Morgan fingerprint density at radius 2 is 1.70 bits per heavy atom. The molecule has 11 heteroatoms. The van der Waals surface area contributed by atoms with Crippen molar-refractivity contribution in [3.8, 4) is 0 Å². The molecule has 0 unspecified atom stereocenters. The maximum atomic E-state index is 11.3. The highest BCUT2D eigenvalue weighted by Crippen LogP contribution is 2.28. The Balaban J connectivity index is 3.11. The molecule has 0 saturated carbocycles. The number of rotatable bonds is 5. The molecule has 1 aliphatic heterocycles. The molecule has 0 bridgehead atoms. The minimum atomic E-state index is -1.64. The minimum absolute atomic E-state index is 0.356. The summed E-state index contributed by atoms with van der Waals surface area (Å²) in [6.45, 7) is 3.01. The summed E-state index contributed by atoms with van der Waals surface area (Å²) in [4.78, 5) is 36.0. The molecule has 1 heterocycles. The molecular formula is C12H17N3O8. The molecule has 0 aromatic rings. The predicted octanol–water partition coefficient (Wildman–Crippen LogP) is -0.191. The van der Waals surface area contributed by atoms with Gasteiger partial charge in [0.15, 0.2) is 18.5 Å². The number of hydrogen-bond acceptors (Lipinski definition) is 9. The number of aliphatic hydroxyl groups excluding tert-OH is 1. The molecule has 1 rings (SSSR count). The third kappa shape index (κ3) is 5.40. The van der Waals surface area contributed by atoms with Gasteiger partial charge in [-0.3, -0.25) is 14.4 Å². The summed E-state index contributed by atoms with van der Waals surface area (Å²) in [6, 6.07) is -1.33. The number of aliphatic hydroxyl groups is 1. The van der Waals surface area contributed by atoms with Gasteiger partial charge in [0.1, 0.15) is 18.8 Å². The van der Waals surface area contributed by atoms with Gasteiger partial charge < -0.3 is 24.1 Å². The van der Waals surface area contributed by atoms with Crippen molar-refractivity contribution in [2.45, 2.75) is 51.4 Å². The molecule has 0 spiro atoms. The first-order chi connectivity index (χ1) is 10.8. The summed E-state index contributed by atoms with van der Waals surface area (Å²) in [7, 11) is 0. The Kier molecular flexibility index (Phi) is 6.76. The van der Waals surface area contributed by atoms with E-state index in [0.717, 1.165) is 20.8 Å². The quantitative estimate of drug-likeness (QED) is 0.239. The van der Waals surface area contributed by atoms with Gasteiger partial charge in [-0.25, -0.2) is 0 Å². The molecule has 1 fully saturated rings. The van der Waals surface area contributed by atoms with E-state index in [9.17, 15) is 19.5 Å². The summed E-state index contributed by atoms with van der Waals surface area (Å²) in [5.74, 6) is -2.09. The number of nitrogens with zero attached hydrogens (tertiary/aromatic N) is 3. The standard InChI is InChI=1S/C12H17N3O8/c1-5(16)20-4-8-10(21-6(2)17)11(22-7(3)18)9(14-15-13)12(19)23-8/h8-12,19H,4H2,1-3H3/t8-,9+,10-,11-,12-/m0/s1. The van der Waals surface area contributed by atoms with Crippen LogP contribution < -0.4 is 0 Å². The van der Waals surface area contributed by atoms with Crippen molar-refractivity contribution in [2.75, 3.05) is 6.61 Å². The Bertz CT molecular complexity index is 518. The number of azide groups is 1. The van der Waals surface area contributed by atoms with Crippen LogP contribution in [0.1, 0.15) is 20.8 Å². The smallest absolute Gasteiger partial charge is 0.303 e. The van der Waals surface area contributed by atoms with E-state index >= 15 is 0 Å². The van der Waals surface area contributed by atoms with Crippen molar-refractivity contribution < 1.29 is 38.4 Å². The van der Waals surface area contributed by atoms with Gasteiger partial charge in [0.2, 0.25) is 0 Å². The van der Waals surface area contributed by atoms with E-state index in [-0.39, 0.29) is 6.61 Å². The normalized spacial score (nSPS) is 29.8. The zero-order valence-corrected chi connectivity index (χ0v) is 12.7. The third-order valence-corrected chi connectivity index (χ3v) is 2.87. The van der Waals surface area contributed by atoms with E-state index in [2.05, 4.69) is 10.0 Å². The Labute approximate surface area is 131 Å². The van der Waals surface area contributed by atoms with Crippen LogP contribution in [0.25, 0.3) is 10.4 Å². The zero-order valence-electron chi connectivity index (χ0n) is 12.7. The average Bonchev–Trinajstić information content (AvgIpc) is 2.42. The number of carbonyl (C=O) groups is 3. The van der Waals surface area contributed by atoms with Crippen LogP contribution in [0.3, 0.4) is 0 Å². The van der Waals surface area contributed by atoms with Crippen molar-refractivity contribution in [3.63, 3.8) is 0 Å². The minimum Gasteiger partial charge on any atom is -0.463 e. The second-order valence-electron chi connectivity index (χ2n) is 4.71. The summed E-state index contributed by atoms with van der Waals surface area (Å²) >= 11 is 0. The second-order valence-corrected chi connectivity index (χ2v) is 4.71. The molecule has 0 amide bonds. The monoisotopic (exact) mass is 331 g/mol. The molecular weight excluding hydrogens is 314 g/mol. The van der Waals surface area contributed by atoms with Gasteiger partial charge in [-0.15, -0.1) is 0 Å². The fourth-order valence-electron chi connectivity index (χ4n) is 2.08. The average molecular weight is 331 g/mol. The van der Waals surface area contributed by atoms with Gasteiger partial charge in [-0.1, -0.05) is 5.11 Å². The highest BCUT2D eigenvalue weighted by Gasteiger charge is 2.49. The first kappa shape index (κ1) is 18.7. The molecule has 23 heavy (non-hydrogen) atoms. The fraction of sp³-hybridized carbons (Fsp3) is 0.750. The lowest BCUT2D eigenvalue weighted by atomic mass is 9.97. The topological polar surface area (TPSA) is 157 Å². The third-order valence-electron chi connectivity index (χ3n) is 2.87. The van der Waals surface area contributed by atoms with Gasteiger partial charge in [0, 0.05) is 25.7 Å². The van der Waals surface area contributed by atoms with Crippen LogP contribution in [-0.2, 0) is 33.3 Å². The van der Waals surface area contributed by atoms with Crippen molar-refractivity contribution in [1.82, 2.24) is 0 Å². The van der Waals surface area contributed by atoms with E-state index < -0.39 is 48.6 Å². The van der Waals surface area contributed by atoms with Crippen LogP contribution in [0, 0.1) is 0 Å². The molecule has 5 atom stereocenters. The number of esters is 3. The molecule has 1 N–H and O–H groups in total. The van der Waals surface area contributed by atoms with E-state index in [4.69, 9.17) is 24.5 Å². The summed E-state index contributed by atoms with van der Waals surface area (Å²) < 4.78 is 20.0. The summed E-state index contributed by atoms with van der Waals surface area (Å²) in [6.07, 6.45) is -5.26. The van der Waals surface area contributed by atoms with Crippen LogP contribution >= 0.6 is 0 Å². The lowest BCUT2D eigenvalue weighted by molar-refractivity contribution is -0.260.